The second kappa shape index (κ2) is 11.1. The van der Waals surface area contributed by atoms with E-state index in [1.165, 1.54) is 0 Å². The van der Waals surface area contributed by atoms with Crippen LogP contribution in [0.25, 0.3) is 0 Å². The normalized spacial score (nSPS) is 11.9. The number of phenols is 2. The third kappa shape index (κ3) is 7.48. The Hall–Kier alpha value is -3.02. The molecule has 0 fully saturated rings. The van der Waals surface area contributed by atoms with Crippen molar-refractivity contribution in [1.82, 2.24) is 0 Å². The van der Waals surface area contributed by atoms with Crippen LogP contribution in [0, 0.1) is 0 Å². The minimum absolute atomic E-state index is 0.106. The van der Waals surface area contributed by atoms with Crippen LogP contribution in [0.1, 0.15) is 102 Å². The van der Waals surface area contributed by atoms with Gasteiger partial charge in [-0.25, -0.2) is 0 Å². The second-order valence-corrected chi connectivity index (χ2v) is 11.0. The summed E-state index contributed by atoms with van der Waals surface area (Å²) in [5.41, 5.74) is 3.57. The zero-order valence-corrected chi connectivity index (χ0v) is 22.4. The van der Waals surface area contributed by atoms with Crippen LogP contribution in [0.4, 0.5) is 0 Å². The molecule has 2 aromatic carbocycles. The first-order chi connectivity index (χ1) is 16.2. The Bertz CT molecular complexity index is 985. The number of aromatic hydroxyl groups is 2. The molecule has 0 aliphatic rings. The molecule has 0 radical (unpaired) electrons. The molecule has 35 heavy (non-hydrogen) atoms. The minimum atomic E-state index is -0.349. The third-order valence-corrected chi connectivity index (χ3v) is 5.87. The largest absolute Gasteiger partial charge is 0.507 e. The number of benzene rings is 2. The molecule has 2 rings (SSSR count). The lowest BCUT2D eigenvalue weighted by Crippen LogP contribution is -2.15. The smallest absolute Gasteiger partial charge is 0.305 e. The molecule has 192 valence electrons. The van der Waals surface area contributed by atoms with Crippen molar-refractivity contribution in [2.24, 2.45) is 0 Å². The van der Waals surface area contributed by atoms with E-state index in [1.54, 1.807) is 13.8 Å². The van der Waals surface area contributed by atoms with Gasteiger partial charge in [0.05, 0.1) is 0 Å². The number of hydrogen-bond acceptors (Lipinski definition) is 6. The highest BCUT2D eigenvalue weighted by Crippen LogP contribution is 2.39. The first-order valence-corrected chi connectivity index (χ1v) is 12.2. The monoisotopic (exact) mass is 484 g/mol. The zero-order chi connectivity index (χ0) is 26.6. The van der Waals surface area contributed by atoms with Crippen LogP contribution in [-0.2, 0) is 49.5 Å². The highest BCUT2D eigenvalue weighted by Gasteiger charge is 2.25. The average Bonchev–Trinajstić information content (AvgIpc) is 2.77. The van der Waals surface area contributed by atoms with Crippen LogP contribution in [0.5, 0.6) is 11.5 Å². The van der Waals surface area contributed by atoms with Gasteiger partial charge in [-0.3, -0.25) is 9.59 Å². The summed E-state index contributed by atoms with van der Waals surface area (Å²) >= 11 is 0. The molecule has 0 atom stereocenters. The van der Waals surface area contributed by atoms with Gasteiger partial charge in [-0.15, -0.1) is 0 Å². The fourth-order valence-electron chi connectivity index (χ4n) is 3.84. The van der Waals surface area contributed by atoms with E-state index < -0.39 is 0 Å². The number of phenolic OH excluding ortho intramolecular Hbond substituents is 2. The maximum absolute atomic E-state index is 11.7. The summed E-state index contributed by atoms with van der Waals surface area (Å²) in [6.45, 7) is 15.7. The van der Waals surface area contributed by atoms with Gasteiger partial charge < -0.3 is 19.7 Å². The number of carbonyl (C=O) groups is 2. The first kappa shape index (κ1) is 28.2. The summed E-state index contributed by atoms with van der Waals surface area (Å²) in [4.78, 5) is 23.4. The number of esters is 2. The van der Waals surface area contributed by atoms with E-state index in [0.717, 1.165) is 22.3 Å². The molecule has 6 heteroatoms. The van der Waals surface area contributed by atoms with Gasteiger partial charge in [0, 0.05) is 19.3 Å². The Morgan fingerprint density at radius 3 is 1.31 bits per heavy atom. The summed E-state index contributed by atoms with van der Waals surface area (Å²) in [7, 11) is 0. The Kier molecular flexibility index (Phi) is 8.99. The van der Waals surface area contributed by atoms with Gasteiger partial charge in [0.2, 0.25) is 0 Å². The van der Waals surface area contributed by atoms with E-state index in [4.69, 9.17) is 9.47 Å². The number of carbonyl (C=O) groups excluding carboxylic acids is 2. The lowest BCUT2D eigenvalue weighted by molar-refractivity contribution is -0.145. The van der Waals surface area contributed by atoms with Gasteiger partial charge in [-0.1, -0.05) is 55.4 Å². The molecule has 2 N–H and O–H groups in total. The highest BCUT2D eigenvalue weighted by atomic mass is 16.5. The number of rotatable bonds is 8. The van der Waals surface area contributed by atoms with Crippen molar-refractivity contribution in [3.8, 4) is 11.5 Å². The maximum Gasteiger partial charge on any atom is 0.305 e. The Morgan fingerprint density at radius 2 is 1.03 bits per heavy atom. The van der Waals surface area contributed by atoms with Crippen molar-refractivity contribution >= 4 is 11.9 Å². The summed E-state index contributed by atoms with van der Waals surface area (Å²) in [5, 5.41) is 22.3. The van der Waals surface area contributed by atoms with Crippen LogP contribution >= 0.6 is 0 Å². The SMILES string of the molecule is CCC(=O)OCc1cc(Cc2cc(COC(=O)CC)cc(C(C)(C)C)c2O)c(O)c(C(C)(C)C)c1. The second-order valence-electron chi connectivity index (χ2n) is 11.0. The molecule has 0 saturated carbocycles. The van der Waals surface area contributed by atoms with E-state index >= 15 is 0 Å². The number of hydrogen-bond donors (Lipinski definition) is 2. The van der Waals surface area contributed by atoms with Gasteiger partial charge in [0.1, 0.15) is 24.7 Å². The third-order valence-electron chi connectivity index (χ3n) is 5.87. The molecular formula is C29H40O6. The zero-order valence-electron chi connectivity index (χ0n) is 22.4. The van der Waals surface area contributed by atoms with Gasteiger partial charge >= 0.3 is 11.9 Å². The van der Waals surface area contributed by atoms with Crippen molar-refractivity contribution in [1.29, 1.82) is 0 Å². The quantitative estimate of drug-likeness (QED) is 0.434. The average molecular weight is 485 g/mol. The lowest BCUT2D eigenvalue weighted by Gasteiger charge is -2.25. The Morgan fingerprint density at radius 1 is 0.686 bits per heavy atom. The molecular weight excluding hydrogens is 444 g/mol. The molecule has 0 unspecified atom stereocenters. The summed E-state index contributed by atoms with van der Waals surface area (Å²) < 4.78 is 10.7. The molecule has 6 nitrogen and oxygen atoms in total. The van der Waals surface area contributed by atoms with Crippen LogP contribution in [0.15, 0.2) is 24.3 Å². The molecule has 2 aromatic rings. The predicted octanol–water partition coefficient (Wildman–Crippen LogP) is 6.19. The standard InChI is InChI=1S/C29H40O6/c1-9-24(30)34-16-18-11-20(26(32)22(13-18)28(3,4)5)15-21-12-19(17-35-25(31)10-2)14-23(27(21)33)29(6,7)8/h11-14,32-33H,9-10,15-17H2,1-8H3. The molecule has 0 heterocycles. The van der Waals surface area contributed by atoms with E-state index in [1.807, 2.05) is 65.8 Å². The number of ether oxygens (including phenoxy) is 2. The van der Waals surface area contributed by atoms with Gasteiger partial charge in [0.25, 0.3) is 0 Å². The van der Waals surface area contributed by atoms with E-state index in [-0.39, 0.29) is 66.7 Å². The molecule has 0 bridgehead atoms. The molecule has 0 saturated heterocycles. The van der Waals surface area contributed by atoms with E-state index in [2.05, 4.69) is 0 Å². The highest BCUT2D eigenvalue weighted by molar-refractivity contribution is 5.69. The van der Waals surface area contributed by atoms with Crippen molar-refractivity contribution in [3.05, 3.63) is 57.6 Å². The van der Waals surface area contributed by atoms with Crippen LogP contribution in [0.3, 0.4) is 0 Å². The van der Waals surface area contributed by atoms with E-state index in [0.29, 0.717) is 11.1 Å². The van der Waals surface area contributed by atoms with Crippen molar-refractivity contribution in [3.63, 3.8) is 0 Å². The Balaban J connectivity index is 2.58. The summed E-state index contributed by atoms with van der Waals surface area (Å²) in [6.07, 6.45) is 0.834. The molecule has 0 aliphatic carbocycles. The van der Waals surface area contributed by atoms with Crippen LogP contribution in [-0.4, -0.2) is 22.2 Å². The fourth-order valence-corrected chi connectivity index (χ4v) is 3.84. The first-order valence-electron chi connectivity index (χ1n) is 12.2. The topological polar surface area (TPSA) is 93.1 Å². The predicted molar refractivity (Wildman–Crippen MR) is 137 cm³/mol. The molecule has 0 aromatic heterocycles. The molecule has 0 spiro atoms. The Labute approximate surface area is 209 Å². The summed E-state index contributed by atoms with van der Waals surface area (Å²) in [6, 6.07) is 7.35. The maximum atomic E-state index is 11.7. The van der Waals surface area contributed by atoms with Gasteiger partial charge in [-0.05, 0) is 68.5 Å². The van der Waals surface area contributed by atoms with Crippen molar-refractivity contribution < 1.29 is 29.3 Å². The fraction of sp³-hybridized carbons (Fsp3) is 0.517. The van der Waals surface area contributed by atoms with Crippen LogP contribution < -0.4 is 0 Å². The van der Waals surface area contributed by atoms with E-state index in [9.17, 15) is 19.8 Å². The minimum Gasteiger partial charge on any atom is -0.507 e. The molecule has 0 amide bonds. The summed E-state index contributed by atoms with van der Waals surface area (Å²) in [5.74, 6) is -0.275. The molecule has 0 aliphatic heterocycles. The van der Waals surface area contributed by atoms with Gasteiger partial charge in [0.15, 0.2) is 0 Å². The van der Waals surface area contributed by atoms with Crippen LogP contribution in [0.2, 0.25) is 0 Å². The van der Waals surface area contributed by atoms with Crippen molar-refractivity contribution in [2.75, 3.05) is 0 Å². The lowest BCUT2D eigenvalue weighted by atomic mass is 9.81. The van der Waals surface area contributed by atoms with Gasteiger partial charge in [-0.2, -0.15) is 0 Å². The van der Waals surface area contributed by atoms with Crippen molar-refractivity contribution in [2.45, 2.75) is 98.7 Å².